The fourth-order valence-corrected chi connectivity index (χ4v) is 5.60. The van der Waals surface area contributed by atoms with E-state index >= 15 is 0 Å². The summed E-state index contributed by atoms with van der Waals surface area (Å²) in [5.74, 6) is 2.14. The first-order valence-corrected chi connectivity index (χ1v) is 12.7. The molecule has 0 unspecified atom stereocenters. The predicted molar refractivity (Wildman–Crippen MR) is 147 cm³/mol. The lowest BCUT2D eigenvalue weighted by molar-refractivity contribution is 0.134. The SMILES string of the molecule is COc1cc2c(c3c1OC(C)(C)C3)C(c1ccc(=O)n(-c3ccc4cc(C)ccc4n3)c1)=NC(C)(C)C2. The van der Waals surface area contributed by atoms with E-state index in [9.17, 15) is 4.79 Å². The molecular formula is C31H31N3O3. The van der Waals surface area contributed by atoms with Crippen molar-refractivity contribution >= 4 is 16.6 Å². The van der Waals surface area contributed by atoms with E-state index in [0.29, 0.717) is 5.82 Å². The molecule has 37 heavy (non-hydrogen) atoms. The number of aryl methyl sites for hydroxylation is 1. The van der Waals surface area contributed by atoms with Crippen molar-refractivity contribution in [3.8, 4) is 17.3 Å². The minimum absolute atomic E-state index is 0.136. The molecule has 0 radical (unpaired) electrons. The Morgan fingerprint density at radius 3 is 2.59 bits per heavy atom. The van der Waals surface area contributed by atoms with E-state index in [1.165, 1.54) is 11.1 Å². The van der Waals surface area contributed by atoms with Crippen LogP contribution in [0.5, 0.6) is 11.5 Å². The number of ether oxygens (including phenoxy) is 2. The largest absolute Gasteiger partial charge is 0.493 e. The Labute approximate surface area is 216 Å². The maximum absolute atomic E-state index is 13.0. The van der Waals surface area contributed by atoms with Crippen molar-refractivity contribution in [1.82, 2.24) is 9.55 Å². The van der Waals surface area contributed by atoms with Gasteiger partial charge >= 0.3 is 0 Å². The second kappa shape index (κ2) is 8.04. The number of methoxy groups -OCH3 is 1. The highest BCUT2D eigenvalue weighted by atomic mass is 16.5. The summed E-state index contributed by atoms with van der Waals surface area (Å²) in [5.41, 5.74) is 6.38. The van der Waals surface area contributed by atoms with Gasteiger partial charge in [-0.25, -0.2) is 4.98 Å². The van der Waals surface area contributed by atoms with E-state index in [0.717, 1.165) is 57.6 Å². The molecule has 6 nitrogen and oxygen atoms in total. The van der Waals surface area contributed by atoms with Crippen LogP contribution in [0.25, 0.3) is 16.7 Å². The van der Waals surface area contributed by atoms with Gasteiger partial charge in [-0.15, -0.1) is 0 Å². The molecule has 2 aromatic heterocycles. The topological polar surface area (TPSA) is 65.7 Å². The molecule has 0 amide bonds. The van der Waals surface area contributed by atoms with Crippen molar-refractivity contribution in [2.75, 3.05) is 7.11 Å². The molecule has 0 saturated heterocycles. The third-order valence-electron chi connectivity index (χ3n) is 7.16. The number of hydrogen-bond acceptors (Lipinski definition) is 5. The second-order valence-electron chi connectivity index (χ2n) is 11.4. The number of hydrogen-bond donors (Lipinski definition) is 0. The molecule has 0 aliphatic carbocycles. The molecule has 188 valence electrons. The molecule has 4 heterocycles. The molecule has 4 aromatic rings. The average Bonchev–Trinajstić information content (AvgIpc) is 3.17. The molecular weight excluding hydrogens is 462 g/mol. The van der Waals surface area contributed by atoms with Gasteiger partial charge in [-0.2, -0.15) is 0 Å². The van der Waals surface area contributed by atoms with Crippen molar-refractivity contribution in [3.63, 3.8) is 0 Å². The fraction of sp³-hybridized carbons (Fsp3) is 0.323. The van der Waals surface area contributed by atoms with Gasteiger partial charge < -0.3 is 9.47 Å². The normalized spacial score (nSPS) is 17.1. The molecule has 0 N–H and O–H groups in total. The van der Waals surface area contributed by atoms with E-state index in [-0.39, 0.29) is 16.7 Å². The molecule has 2 aromatic carbocycles. The monoisotopic (exact) mass is 493 g/mol. The molecule has 0 bridgehead atoms. The number of benzene rings is 2. The Morgan fingerprint density at radius 2 is 1.81 bits per heavy atom. The Bertz CT molecular complexity index is 1680. The minimum atomic E-state index is -0.338. The minimum Gasteiger partial charge on any atom is -0.493 e. The lowest BCUT2D eigenvalue weighted by Gasteiger charge is -2.31. The first-order chi connectivity index (χ1) is 17.5. The number of nitrogens with zero attached hydrogens (tertiary/aromatic N) is 3. The van der Waals surface area contributed by atoms with Crippen molar-refractivity contribution in [1.29, 1.82) is 0 Å². The molecule has 6 heteroatoms. The summed E-state index contributed by atoms with van der Waals surface area (Å²) in [6, 6.07) is 15.6. The van der Waals surface area contributed by atoms with Crippen molar-refractivity contribution in [2.24, 2.45) is 4.99 Å². The standard InChI is InChI=1S/C31H31N3O3/c1-18-7-10-23-19(13-18)8-11-25(32-23)34-17-20(9-12-26(34)35)28-27-21(15-30(2,3)33-28)14-24(36-6)29-22(27)16-31(4,5)37-29/h7-14,17H,15-16H2,1-6H3. The number of pyridine rings is 2. The zero-order chi connectivity index (χ0) is 26.1. The van der Waals surface area contributed by atoms with E-state index in [1.54, 1.807) is 17.7 Å². The van der Waals surface area contributed by atoms with Crippen LogP contribution >= 0.6 is 0 Å². The van der Waals surface area contributed by atoms with Crippen molar-refractivity contribution < 1.29 is 9.47 Å². The number of fused-ring (bicyclic) bond motifs is 4. The second-order valence-corrected chi connectivity index (χ2v) is 11.4. The van der Waals surface area contributed by atoms with Gasteiger partial charge in [0.15, 0.2) is 11.5 Å². The van der Waals surface area contributed by atoms with Gasteiger partial charge in [0.1, 0.15) is 11.4 Å². The van der Waals surface area contributed by atoms with Gasteiger partial charge in [0.25, 0.3) is 5.56 Å². The van der Waals surface area contributed by atoms with E-state index in [1.807, 2.05) is 36.5 Å². The predicted octanol–water partition coefficient (Wildman–Crippen LogP) is 5.59. The van der Waals surface area contributed by atoms with Crippen LogP contribution in [-0.4, -0.2) is 33.5 Å². The van der Waals surface area contributed by atoms with Gasteiger partial charge in [0.05, 0.1) is 23.9 Å². The highest BCUT2D eigenvalue weighted by Crippen LogP contribution is 2.47. The smallest absolute Gasteiger partial charge is 0.256 e. The summed E-state index contributed by atoms with van der Waals surface area (Å²) in [5, 5.41) is 1.05. The van der Waals surface area contributed by atoms with Crippen molar-refractivity contribution in [2.45, 2.75) is 58.6 Å². The summed E-state index contributed by atoms with van der Waals surface area (Å²) in [4.78, 5) is 23.0. The fourth-order valence-electron chi connectivity index (χ4n) is 5.60. The van der Waals surface area contributed by atoms with Crippen LogP contribution in [0.15, 0.2) is 64.5 Å². The Hall–Kier alpha value is -3.93. The Kier molecular flexibility index (Phi) is 5.10. The summed E-state index contributed by atoms with van der Waals surface area (Å²) >= 11 is 0. The zero-order valence-electron chi connectivity index (χ0n) is 22.2. The molecule has 0 saturated carbocycles. The summed E-state index contributed by atoms with van der Waals surface area (Å²) in [6.45, 7) is 10.5. The quantitative estimate of drug-likeness (QED) is 0.373. The summed E-state index contributed by atoms with van der Waals surface area (Å²) in [6.07, 6.45) is 3.42. The molecule has 0 fully saturated rings. The van der Waals surface area contributed by atoms with Crippen LogP contribution in [0, 0.1) is 6.92 Å². The van der Waals surface area contributed by atoms with E-state index < -0.39 is 0 Å². The highest BCUT2D eigenvalue weighted by Gasteiger charge is 2.39. The van der Waals surface area contributed by atoms with Crippen LogP contribution in [0.3, 0.4) is 0 Å². The third-order valence-corrected chi connectivity index (χ3v) is 7.16. The number of rotatable bonds is 3. The van der Waals surface area contributed by atoms with Crippen LogP contribution in [0.1, 0.15) is 55.5 Å². The Balaban J connectivity index is 1.54. The first kappa shape index (κ1) is 23.5. The summed E-state index contributed by atoms with van der Waals surface area (Å²) in [7, 11) is 1.69. The van der Waals surface area contributed by atoms with Gasteiger partial charge in [-0.05, 0) is 83.0 Å². The highest BCUT2D eigenvalue weighted by molar-refractivity contribution is 6.16. The molecule has 0 spiro atoms. The maximum Gasteiger partial charge on any atom is 0.256 e. The number of aromatic nitrogens is 2. The van der Waals surface area contributed by atoms with Crippen LogP contribution < -0.4 is 15.0 Å². The average molecular weight is 494 g/mol. The Morgan fingerprint density at radius 1 is 1.00 bits per heavy atom. The van der Waals surface area contributed by atoms with Crippen LogP contribution in [0.4, 0.5) is 0 Å². The van der Waals surface area contributed by atoms with Crippen molar-refractivity contribution in [3.05, 3.63) is 92.9 Å². The van der Waals surface area contributed by atoms with Gasteiger partial charge in [0.2, 0.25) is 0 Å². The molecule has 0 atom stereocenters. The van der Waals surface area contributed by atoms with Crippen LogP contribution in [0.2, 0.25) is 0 Å². The number of aliphatic imine (C=N–C) groups is 1. The van der Waals surface area contributed by atoms with Gasteiger partial charge in [-0.3, -0.25) is 14.4 Å². The maximum atomic E-state index is 13.0. The van der Waals surface area contributed by atoms with E-state index in [2.05, 4.69) is 46.8 Å². The first-order valence-electron chi connectivity index (χ1n) is 12.7. The molecule has 6 rings (SSSR count). The van der Waals surface area contributed by atoms with Gasteiger partial charge in [0, 0.05) is 40.8 Å². The molecule has 2 aliphatic rings. The van der Waals surface area contributed by atoms with Gasteiger partial charge in [-0.1, -0.05) is 11.6 Å². The summed E-state index contributed by atoms with van der Waals surface area (Å²) < 4.78 is 13.7. The molecule has 2 aliphatic heterocycles. The third kappa shape index (κ3) is 4.01. The van der Waals surface area contributed by atoms with Crippen LogP contribution in [-0.2, 0) is 12.8 Å². The lowest BCUT2D eigenvalue weighted by atomic mass is 9.81. The lowest BCUT2D eigenvalue weighted by Crippen LogP contribution is -2.31. The zero-order valence-corrected chi connectivity index (χ0v) is 22.2. The van der Waals surface area contributed by atoms with E-state index in [4.69, 9.17) is 19.5 Å².